The van der Waals surface area contributed by atoms with Crippen LogP contribution in [-0.4, -0.2) is 30.7 Å². The highest BCUT2D eigenvalue weighted by Gasteiger charge is 2.06. The molecule has 0 spiro atoms. The standard InChI is InChI=1S/C14H11F2N5S/c15-12(16)6-3-9-22-14-17-8-7-13(18-14)21-19-10-4-1-2-5-11(10)20-21/h1-2,4-8H,3,9H2. The van der Waals surface area contributed by atoms with Crippen LogP contribution >= 0.6 is 11.8 Å². The average molecular weight is 319 g/mol. The van der Waals surface area contributed by atoms with E-state index in [1.807, 2.05) is 24.3 Å². The molecule has 0 amide bonds. The normalized spacial score (nSPS) is 10.8. The predicted molar refractivity (Wildman–Crippen MR) is 80.1 cm³/mol. The Kier molecular flexibility index (Phi) is 4.38. The molecule has 3 rings (SSSR count). The van der Waals surface area contributed by atoms with Gasteiger partial charge in [0.1, 0.15) is 11.0 Å². The third kappa shape index (κ3) is 3.45. The van der Waals surface area contributed by atoms with Crippen LogP contribution in [0.5, 0.6) is 0 Å². The first kappa shape index (κ1) is 14.6. The SMILES string of the molecule is FC(F)=CCCSc1nccc(-n2nc3ccccc3n2)n1. The summed E-state index contributed by atoms with van der Waals surface area (Å²) in [5.41, 5.74) is 1.55. The molecule has 0 aliphatic carbocycles. The number of aromatic nitrogens is 5. The van der Waals surface area contributed by atoms with Gasteiger partial charge in [-0.05, 0) is 24.6 Å². The van der Waals surface area contributed by atoms with E-state index in [1.165, 1.54) is 16.6 Å². The Hall–Kier alpha value is -2.35. The Morgan fingerprint density at radius 1 is 1.14 bits per heavy atom. The van der Waals surface area contributed by atoms with Gasteiger partial charge in [-0.15, -0.1) is 15.0 Å². The summed E-state index contributed by atoms with van der Waals surface area (Å²) >= 11 is 1.31. The summed E-state index contributed by atoms with van der Waals surface area (Å²) in [5, 5.41) is 9.19. The van der Waals surface area contributed by atoms with Crippen molar-refractivity contribution in [3.8, 4) is 5.82 Å². The highest BCUT2D eigenvalue weighted by atomic mass is 32.2. The first-order valence-electron chi connectivity index (χ1n) is 6.52. The number of benzene rings is 1. The van der Waals surface area contributed by atoms with E-state index in [2.05, 4.69) is 20.2 Å². The van der Waals surface area contributed by atoms with Crippen molar-refractivity contribution in [2.45, 2.75) is 11.6 Å². The molecule has 112 valence electrons. The Balaban J connectivity index is 1.77. The topological polar surface area (TPSA) is 56.5 Å². The maximum atomic E-state index is 11.9. The smallest absolute Gasteiger partial charge is 0.231 e. The number of halogens is 2. The van der Waals surface area contributed by atoms with E-state index in [0.29, 0.717) is 16.7 Å². The second-order valence-corrected chi connectivity index (χ2v) is 5.37. The highest BCUT2D eigenvalue weighted by molar-refractivity contribution is 7.99. The number of hydrogen-bond donors (Lipinski definition) is 0. The minimum atomic E-state index is -1.66. The maximum Gasteiger partial charge on any atom is 0.266 e. The molecule has 0 atom stereocenters. The molecule has 8 heteroatoms. The van der Waals surface area contributed by atoms with E-state index in [4.69, 9.17) is 0 Å². The lowest BCUT2D eigenvalue weighted by Crippen LogP contribution is -2.03. The monoisotopic (exact) mass is 319 g/mol. The van der Waals surface area contributed by atoms with Gasteiger partial charge < -0.3 is 0 Å². The van der Waals surface area contributed by atoms with E-state index in [9.17, 15) is 8.78 Å². The fourth-order valence-electron chi connectivity index (χ4n) is 1.79. The summed E-state index contributed by atoms with van der Waals surface area (Å²) in [6, 6.07) is 9.21. The molecule has 0 saturated carbocycles. The molecule has 0 N–H and O–H groups in total. The molecule has 3 aromatic rings. The average Bonchev–Trinajstić information content (AvgIpc) is 2.96. The Morgan fingerprint density at radius 3 is 2.55 bits per heavy atom. The van der Waals surface area contributed by atoms with Gasteiger partial charge in [0.2, 0.25) is 0 Å². The molecule has 0 saturated heterocycles. The van der Waals surface area contributed by atoms with Gasteiger partial charge in [-0.1, -0.05) is 23.9 Å². The second-order valence-electron chi connectivity index (χ2n) is 4.31. The van der Waals surface area contributed by atoms with Crippen molar-refractivity contribution in [2.24, 2.45) is 0 Å². The molecule has 2 aromatic heterocycles. The number of nitrogens with zero attached hydrogens (tertiary/aromatic N) is 5. The third-order valence-corrected chi connectivity index (χ3v) is 3.65. The van der Waals surface area contributed by atoms with Crippen LogP contribution in [-0.2, 0) is 0 Å². The van der Waals surface area contributed by atoms with Gasteiger partial charge in [0.25, 0.3) is 6.08 Å². The van der Waals surface area contributed by atoms with Crippen LogP contribution < -0.4 is 0 Å². The molecule has 1 aromatic carbocycles. The van der Waals surface area contributed by atoms with Crippen molar-refractivity contribution in [1.29, 1.82) is 0 Å². The lowest BCUT2D eigenvalue weighted by molar-refractivity contribution is 0.418. The summed E-state index contributed by atoms with van der Waals surface area (Å²) in [6.07, 6.45) is 1.09. The molecule has 0 bridgehead atoms. The van der Waals surface area contributed by atoms with E-state index >= 15 is 0 Å². The number of thioether (sulfide) groups is 1. The van der Waals surface area contributed by atoms with Gasteiger partial charge in [-0.3, -0.25) is 0 Å². The minimum absolute atomic E-state index is 0.268. The lowest BCUT2D eigenvalue weighted by atomic mass is 10.3. The van der Waals surface area contributed by atoms with Crippen molar-refractivity contribution >= 4 is 22.8 Å². The zero-order chi connectivity index (χ0) is 15.4. The summed E-state index contributed by atoms with van der Waals surface area (Å²) in [5.74, 6) is 1.02. The second kappa shape index (κ2) is 6.61. The molecule has 5 nitrogen and oxygen atoms in total. The van der Waals surface area contributed by atoms with Crippen molar-refractivity contribution in [3.63, 3.8) is 0 Å². The molecule has 0 aliphatic heterocycles. The third-order valence-electron chi connectivity index (χ3n) is 2.76. The first-order valence-corrected chi connectivity index (χ1v) is 7.50. The Labute approximate surface area is 129 Å². The van der Waals surface area contributed by atoms with Crippen LogP contribution in [0.15, 0.2) is 53.8 Å². The van der Waals surface area contributed by atoms with Crippen LogP contribution in [0.4, 0.5) is 8.78 Å². The number of rotatable bonds is 5. The molecular weight excluding hydrogens is 308 g/mol. The largest absolute Gasteiger partial charge is 0.266 e. The number of fused-ring (bicyclic) bond motifs is 1. The number of allylic oxidation sites excluding steroid dienone is 1. The van der Waals surface area contributed by atoms with Crippen molar-refractivity contribution in [2.75, 3.05) is 5.75 Å². The zero-order valence-corrected chi connectivity index (χ0v) is 12.2. The van der Waals surface area contributed by atoms with Crippen LogP contribution in [0.2, 0.25) is 0 Å². The van der Waals surface area contributed by atoms with Gasteiger partial charge in [0.15, 0.2) is 11.0 Å². The fraction of sp³-hybridized carbons (Fsp3) is 0.143. The summed E-state index contributed by atoms with van der Waals surface area (Å²) < 4.78 is 23.9. The van der Waals surface area contributed by atoms with Crippen LogP contribution in [0.3, 0.4) is 0 Å². The van der Waals surface area contributed by atoms with Gasteiger partial charge in [-0.2, -0.15) is 8.78 Å². The molecular formula is C14H11F2N5S. The molecule has 2 heterocycles. The van der Waals surface area contributed by atoms with E-state index < -0.39 is 6.08 Å². The van der Waals surface area contributed by atoms with E-state index in [0.717, 1.165) is 17.1 Å². The fourth-order valence-corrected chi connectivity index (χ4v) is 2.50. The summed E-state index contributed by atoms with van der Waals surface area (Å²) in [6.45, 7) is 0. The van der Waals surface area contributed by atoms with Crippen molar-refractivity contribution in [1.82, 2.24) is 25.0 Å². The first-order chi connectivity index (χ1) is 10.7. The quantitative estimate of drug-likeness (QED) is 0.409. The highest BCUT2D eigenvalue weighted by Crippen LogP contribution is 2.16. The molecule has 0 unspecified atom stereocenters. The van der Waals surface area contributed by atoms with Crippen LogP contribution in [0.25, 0.3) is 16.9 Å². The van der Waals surface area contributed by atoms with E-state index in [1.54, 1.807) is 12.3 Å². The van der Waals surface area contributed by atoms with Crippen molar-refractivity contribution < 1.29 is 8.78 Å². The van der Waals surface area contributed by atoms with Crippen LogP contribution in [0.1, 0.15) is 6.42 Å². The van der Waals surface area contributed by atoms with E-state index in [-0.39, 0.29) is 6.42 Å². The van der Waals surface area contributed by atoms with Crippen LogP contribution in [0, 0.1) is 0 Å². The lowest BCUT2D eigenvalue weighted by Gasteiger charge is -2.01. The molecule has 0 aliphatic rings. The summed E-state index contributed by atoms with van der Waals surface area (Å²) in [7, 11) is 0. The summed E-state index contributed by atoms with van der Waals surface area (Å²) in [4.78, 5) is 9.89. The molecule has 0 fully saturated rings. The van der Waals surface area contributed by atoms with Crippen molar-refractivity contribution in [3.05, 3.63) is 48.7 Å². The van der Waals surface area contributed by atoms with Gasteiger partial charge in [0, 0.05) is 18.0 Å². The Morgan fingerprint density at radius 2 is 1.86 bits per heavy atom. The molecule has 0 radical (unpaired) electrons. The number of hydrogen-bond acceptors (Lipinski definition) is 5. The minimum Gasteiger partial charge on any atom is -0.231 e. The maximum absolute atomic E-state index is 11.9. The zero-order valence-electron chi connectivity index (χ0n) is 11.4. The van der Waals surface area contributed by atoms with Gasteiger partial charge in [-0.25, -0.2) is 9.97 Å². The molecule has 22 heavy (non-hydrogen) atoms. The van der Waals surface area contributed by atoms with Gasteiger partial charge in [0.05, 0.1) is 0 Å². The Bertz CT molecular complexity index is 781. The predicted octanol–water partition coefficient (Wildman–Crippen LogP) is 3.47. The van der Waals surface area contributed by atoms with Gasteiger partial charge >= 0.3 is 0 Å².